The molecule has 1 unspecified atom stereocenters. The van der Waals surface area contributed by atoms with Crippen LogP contribution in [0.3, 0.4) is 0 Å². The standard InChI is InChI=1S/C16H22O4/c1-6-7-8-12-9-16(14(17)19-4,15(18)20-5)10-13(12)11(2)3/h6-7,11,13H,1,9-10H2,2-5H3. The molecule has 1 aliphatic carbocycles. The van der Waals surface area contributed by atoms with Crippen LogP contribution in [0.4, 0.5) is 0 Å². The van der Waals surface area contributed by atoms with E-state index in [1.165, 1.54) is 14.2 Å². The van der Waals surface area contributed by atoms with Gasteiger partial charge in [-0.05, 0) is 29.9 Å². The minimum atomic E-state index is -1.24. The van der Waals surface area contributed by atoms with Crippen LogP contribution in [-0.4, -0.2) is 26.2 Å². The van der Waals surface area contributed by atoms with Crippen LogP contribution in [-0.2, 0) is 19.1 Å². The van der Waals surface area contributed by atoms with Crippen LogP contribution in [0.25, 0.3) is 0 Å². The molecule has 0 heterocycles. The molecule has 0 aliphatic heterocycles. The van der Waals surface area contributed by atoms with E-state index in [2.05, 4.69) is 26.2 Å². The summed E-state index contributed by atoms with van der Waals surface area (Å²) in [4.78, 5) is 24.3. The minimum Gasteiger partial charge on any atom is -0.468 e. The second-order valence-corrected chi connectivity index (χ2v) is 5.37. The van der Waals surface area contributed by atoms with Crippen LogP contribution in [0, 0.1) is 17.3 Å². The Kier molecular flexibility index (Phi) is 5.34. The first-order valence-electron chi connectivity index (χ1n) is 6.66. The Balaban J connectivity index is 3.31. The van der Waals surface area contributed by atoms with Crippen molar-refractivity contribution in [1.82, 2.24) is 0 Å². The zero-order chi connectivity index (χ0) is 15.3. The van der Waals surface area contributed by atoms with E-state index in [9.17, 15) is 9.59 Å². The molecule has 0 aromatic heterocycles. The largest absolute Gasteiger partial charge is 0.468 e. The zero-order valence-corrected chi connectivity index (χ0v) is 12.6. The number of rotatable bonds is 4. The van der Waals surface area contributed by atoms with Crippen LogP contribution in [0.5, 0.6) is 0 Å². The lowest BCUT2D eigenvalue weighted by molar-refractivity contribution is -0.168. The van der Waals surface area contributed by atoms with E-state index < -0.39 is 17.4 Å². The molecule has 0 amide bonds. The Morgan fingerprint density at radius 1 is 1.35 bits per heavy atom. The normalized spacial score (nSPS) is 20.2. The second kappa shape index (κ2) is 6.58. The van der Waals surface area contributed by atoms with Crippen molar-refractivity contribution < 1.29 is 19.1 Å². The van der Waals surface area contributed by atoms with Crippen molar-refractivity contribution in [3.63, 3.8) is 0 Å². The average molecular weight is 278 g/mol. The molecule has 0 N–H and O–H groups in total. The Hall–Kier alpha value is -1.80. The third-order valence-corrected chi connectivity index (χ3v) is 3.85. The van der Waals surface area contributed by atoms with Gasteiger partial charge in [-0.3, -0.25) is 9.59 Å². The summed E-state index contributed by atoms with van der Waals surface area (Å²) < 4.78 is 9.66. The lowest BCUT2D eigenvalue weighted by Gasteiger charge is -2.23. The molecule has 4 heteroatoms. The fourth-order valence-electron chi connectivity index (χ4n) is 2.77. The van der Waals surface area contributed by atoms with E-state index >= 15 is 0 Å². The van der Waals surface area contributed by atoms with Gasteiger partial charge in [0.05, 0.1) is 14.2 Å². The smallest absolute Gasteiger partial charge is 0.323 e. The average Bonchev–Trinajstić information content (AvgIpc) is 2.84. The molecular weight excluding hydrogens is 256 g/mol. The summed E-state index contributed by atoms with van der Waals surface area (Å²) >= 11 is 0. The van der Waals surface area contributed by atoms with Crippen LogP contribution >= 0.6 is 0 Å². The third kappa shape index (κ3) is 2.86. The lowest BCUT2D eigenvalue weighted by Crippen LogP contribution is -2.39. The molecule has 1 saturated carbocycles. The van der Waals surface area contributed by atoms with Gasteiger partial charge in [-0.15, -0.1) is 5.73 Å². The summed E-state index contributed by atoms with van der Waals surface area (Å²) in [5.41, 5.74) is 2.83. The van der Waals surface area contributed by atoms with Gasteiger partial charge in [0.1, 0.15) is 0 Å². The highest BCUT2D eigenvalue weighted by Crippen LogP contribution is 2.49. The van der Waals surface area contributed by atoms with Crippen molar-refractivity contribution in [3.05, 3.63) is 30.0 Å². The quantitative estimate of drug-likeness (QED) is 0.343. The van der Waals surface area contributed by atoms with Gasteiger partial charge in [0.2, 0.25) is 0 Å². The predicted octanol–water partition coefficient (Wildman–Crippen LogP) is 2.65. The molecule has 4 nitrogen and oxygen atoms in total. The Morgan fingerprint density at radius 3 is 2.30 bits per heavy atom. The lowest BCUT2D eigenvalue weighted by atomic mass is 9.83. The number of allylic oxidation sites excluding steroid dienone is 2. The van der Waals surface area contributed by atoms with Gasteiger partial charge < -0.3 is 9.47 Å². The highest BCUT2D eigenvalue weighted by atomic mass is 16.5. The third-order valence-electron chi connectivity index (χ3n) is 3.85. The Morgan fingerprint density at radius 2 is 1.90 bits per heavy atom. The fraction of sp³-hybridized carbons (Fsp3) is 0.562. The molecule has 1 atom stereocenters. The summed E-state index contributed by atoms with van der Waals surface area (Å²) in [6.45, 7) is 7.74. The summed E-state index contributed by atoms with van der Waals surface area (Å²) in [6, 6.07) is 0. The first kappa shape index (κ1) is 16.3. The maximum absolute atomic E-state index is 12.1. The van der Waals surface area contributed by atoms with Crippen molar-refractivity contribution in [2.24, 2.45) is 17.3 Å². The molecule has 0 aromatic rings. The van der Waals surface area contributed by atoms with Gasteiger partial charge in [-0.1, -0.05) is 26.5 Å². The van der Waals surface area contributed by atoms with Crippen molar-refractivity contribution in [2.75, 3.05) is 14.2 Å². The molecular formula is C16H22O4. The van der Waals surface area contributed by atoms with E-state index in [1.807, 2.05) is 0 Å². The minimum absolute atomic E-state index is 0.101. The molecule has 0 aromatic carbocycles. The molecule has 0 saturated heterocycles. The van der Waals surface area contributed by atoms with Gasteiger partial charge in [-0.25, -0.2) is 0 Å². The number of carbonyl (C=O) groups is 2. The maximum atomic E-state index is 12.1. The molecule has 110 valence electrons. The first-order valence-corrected chi connectivity index (χ1v) is 6.66. The SMILES string of the molecule is C=CC=C=C1CC(C(=O)OC)(C(=O)OC)CC1C(C)C. The number of carbonyl (C=O) groups excluding carboxylic acids is 2. The molecule has 1 rings (SSSR count). The van der Waals surface area contributed by atoms with E-state index in [0.29, 0.717) is 18.8 Å². The second-order valence-electron chi connectivity index (χ2n) is 5.37. The Labute approximate surface area is 120 Å². The zero-order valence-electron chi connectivity index (χ0n) is 12.6. The summed E-state index contributed by atoms with van der Waals surface area (Å²) in [5.74, 6) is -0.674. The van der Waals surface area contributed by atoms with E-state index in [4.69, 9.17) is 9.47 Å². The fourth-order valence-corrected chi connectivity index (χ4v) is 2.77. The van der Waals surface area contributed by atoms with E-state index in [0.717, 1.165) is 5.57 Å². The number of methoxy groups -OCH3 is 2. The number of ether oxygens (including phenoxy) is 2. The van der Waals surface area contributed by atoms with Gasteiger partial charge in [0.15, 0.2) is 5.41 Å². The van der Waals surface area contributed by atoms with Crippen LogP contribution in [0.1, 0.15) is 26.7 Å². The van der Waals surface area contributed by atoms with Crippen LogP contribution in [0.15, 0.2) is 30.0 Å². The van der Waals surface area contributed by atoms with Crippen LogP contribution in [0.2, 0.25) is 0 Å². The van der Waals surface area contributed by atoms with Crippen molar-refractivity contribution in [1.29, 1.82) is 0 Å². The van der Waals surface area contributed by atoms with Gasteiger partial charge >= 0.3 is 11.9 Å². The molecule has 0 spiro atoms. The van der Waals surface area contributed by atoms with Crippen molar-refractivity contribution >= 4 is 11.9 Å². The maximum Gasteiger partial charge on any atom is 0.323 e. The molecule has 0 radical (unpaired) electrons. The summed E-state index contributed by atoms with van der Waals surface area (Å²) in [6.07, 6.45) is 4.02. The number of esters is 2. The highest BCUT2D eigenvalue weighted by molar-refractivity contribution is 6.01. The van der Waals surface area contributed by atoms with Crippen molar-refractivity contribution in [2.45, 2.75) is 26.7 Å². The summed E-state index contributed by atoms with van der Waals surface area (Å²) in [7, 11) is 2.58. The molecule has 0 bridgehead atoms. The number of hydrogen-bond donors (Lipinski definition) is 0. The van der Waals surface area contributed by atoms with Gasteiger partial charge in [0.25, 0.3) is 0 Å². The molecule has 1 fully saturated rings. The topological polar surface area (TPSA) is 52.6 Å². The van der Waals surface area contributed by atoms with Gasteiger partial charge in [0, 0.05) is 6.42 Å². The monoisotopic (exact) mass is 278 g/mol. The Bertz CT molecular complexity index is 451. The van der Waals surface area contributed by atoms with Crippen molar-refractivity contribution in [3.8, 4) is 0 Å². The molecule has 20 heavy (non-hydrogen) atoms. The summed E-state index contributed by atoms with van der Waals surface area (Å²) in [5, 5.41) is 0. The number of hydrogen-bond acceptors (Lipinski definition) is 4. The highest BCUT2D eigenvalue weighted by Gasteiger charge is 2.55. The first-order chi connectivity index (χ1) is 9.42. The predicted molar refractivity (Wildman–Crippen MR) is 75.8 cm³/mol. The van der Waals surface area contributed by atoms with Gasteiger partial charge in [-0.2, -0.15) is 0 Å². The van der Waals surface area contributed by atoms with E-state index in [1.54, 1.807) is 12.2 Å². The van der Waals surface area contributed by atoms with Crippen LogP contribution < -0.4 is 0 Å². The van der Waals surface area contributed by atoms with E-state index in [-0.39, 0.29) is 5.92 Å². The molecule has 1 aliphatic rings.